The molecule has 1 aliphatic rings. The maximum atomic E-state index is 12.5. The van der Waals surface area contributed by atoms with Crippen LogP contribution in [0.25, 0.3) is 0 Å². The van der Waals surface area contributed by atoms with Crippen molar-refractivity contribution in [2.75, 3.05) is 19.6 Å². The van der Waals surface area contributed by atoms with E-state index in [1.807, 2.05) is 13.8 Å². The highest BCUT2D eigenvalue weighted by molar-refractivity contribution is 7.89. The van der Waals surface area contributed by atoms with Crippen molar-refractivity contribution in [3.63, 3.8) is 0 Å². The molecule has 0 saturated carbocycles. The Morgan fingerprint density at radius 2 is 2.33 bits per heavy atom. The van der Waals surface area contributed by atoms with Crippen LogP contribution in [0.1, 0.15) is 20.3 Å². The molecule has 1 aromatic heterocycles. The molecule has 1 atom stereocenters. The monoisotopic (exact) mass is 272 g/mol. The van der Waals surface area contributed by atoms with E-state index in [1.54, 1.807) is 16.9 Å². The third kappa shape index (κ3) is 2.57. The second-order valence-corrected chi connectivity index (χ2v) is 6.50. The summed E-state index contributed by atoms with van der Waals surface area (Å²) in [5.74, 6) is 0. The van der Waals surface area contributed by atoms with Crippen molar-refractivity contribution >= 4 is 10.0 Å². The lowest BCUT2D eigenvalue weighted by Crippen LogP contribution is -2.51. The average Bonchev–Trinajstić information content (AvgIpc) is 2.78. The summed E-state index contributed by atoms with van der Waals surface area (Å²) < 4.78 is 28.2. The van der Waals surface area contributed by atoms with Gasteiger partial charge in [0.15, 0.2) is 5.03 Å². The lowest BCUT2D eigenvalue weighted by atomic mass is 10.3. The number of hydrogen-bond acceptors (Lipinski definition) is 4. The Bertz CT molecular complexity index is 497. The molecule has 0 spiro atoms. The first-order chi connectivity index (χ1) is 8.55. The predicted molar refractivity (Wildman–Crippen MR) is 68.7 cm³/mol. The Morgan fingerprint density at radius 3 is 3.00 bits per heavy atom. The number of hydrogen-bond donors (Lipinski definition) is 1. The summed E-state index contributed by atoms with van der Waals surface area (Å²) >= 11 is 0. The van der Waals surface area contributed by atoms with E-state index in [1.165, 1.54) is 4.31 Å². The highest BCUT2D eigenvalue weighted by atomic mass is 32.2. The van der Waals surface area contributed by atoms with Gasteiger partial charge in [0.2, 0.25) is 0 Å². The largest absolute Gasteiger partial charge is 0.312 e. The van der Waals surface area contributed by atoms with Crippen LogP contribution in [0.3, 0.4) is 0 Å². The van der Waals surface area contributed by atoms with Gasteiger partial charge in [0.05, 0.1) is 6.20 Å². The van der Waals surface area contributed by atoms with E-state index in [4.69, 9.17) is 0 Å². The normalized spacial score (nSPS) is 22.2. The maximum absolute atomic E-state index is 12.5. The molecule has 0 bridgehead atoms. The minimum absolute atomic E-state index is 0.191. The summed E-state index contributed by atoms with van der Waals surface area (Å²) in [4.78, 5) is 0. The number of aromatic nitrogens is 2. The first kappa shape index (κ1) is 13.5. The Morgan fingerprint density at radius 1 is 1.56 bits per heavy atom. The number of nitrogens with zero attached hydrogens (tertiary/aromatic N) is 3. The molecule has 18 heavy (non-hydrogen) atoms. The van der Waals surface area contributed by atoms with Crippen molar-refractivity contribution in [2.24, 2.45) is 0 Å². The molecule has 102 valence electrons. The molecule has 7 heteroatoms. The van der Waals surface area contributed by atoms with E-state index in [9.17, 15) is 8.42 Å². The van der Waals surface area contributed by atoms with E-state index in [2.05, 4.69) is 10.4 Å². The van der Waals surface area contributed by atoms with E-state index in [0.29, 0.717) is 31.2 Å². The summed E-state index contributed by atoms with van der Waals surface area (Å²) in [6, 6.07) is 1.77. The third-order valence-corrected chi connectivity index (χ3v) is 4.94. The standard InChI is InChI=1S/C11H20N4O2S/c1-3-7-15-11(4-5-13-15)18(16,17)14-8-6-12-10(2)9-14/h4-5,10,12H,3,6-9H2,1-2H3/t10-/m1/s1. The second-order valence-electron chi connectivity index (χ2n) is 4.61. The summed E-state index contributed by atoms with van der Waals surface area (Å²) in [7, 11) is -3.41. The van der Waals surface area contributed by atoms with Crippen molar-refractivity contribution < 1.29 is 8.42 Å². The molecule has 0 radical (unpaired) electrons. The average molecular weight is 272 g/mol. The highest BCUT2D eigenvalue weighted by Crippen LogP contribution is 2.17. The van der Waals surface area contributed by atoms with Crippen molar-refractivity contribution in [1.29, 1.82) is 0 Å². The van der Waals surface area contributed by atoms with Crippen molar-refractivity contribution in [3.05, 3.63) is 12.3 Å². The lowest BCUT2D eigenvalue weighted by Gasteiger charge is -2.30. The molecule has 0 aromatic carbocycles. The SMILES string of the molecule is CCCn1nccc1S(=O)(=O)N1CCN[C@H](C)C1. The summed E-state index contributed by atoms with van der Waals surface area (Å²) in [6.07, 6.45) is 2.41. The quantitative estimate of drug-likeness (QED) is 0.854. The van der Waals surface area contributed by atoms with Crippen molar-refractivity contribution in [3.8, 4) is 0 Å². The minimum Gasteiger partial charge on any atom is -0.312 e. The zero-order valence-corrected chi connectivity index (χ0v) is 11.7. The molecule has 0 unspecified atom stereocenters. The van der Waals surface area contributed by atoms with E-state index >= 15 is 0 Å². The molecular weight excluding hydrogens is 252 g/mol. The van der Waals surface area contributed by atoms with Gasteiger partial charge >= 0.3 is 0 Å². The zero-order valence-electron chi connectivity index (χ0n) is 10.8. The summed E-state index contributed by atoms with van der Waals surface area (Å²) in [5.41, 5.74) is 0. The van der Waals surface area contributed by atoms with Gasteiger partial charge in [0.1, 0.15) is 0 Å². The maximum Gasteiger partial charge on any atom is 0.260 e. The van der Waals surface area contributed by atoms with Crippen LogP contribution in [-0.4, -0.2) is 48.2 Å². The Kier molecular flexibility index (Phi) is 4.04. The predicted octanol–water partition coefficient (Wildman–Crippen LogP) is 0.276. The van der Waals surface area contributed by atoms with Gasteiger partial charge in [-0.05, 0) is 19.4 Å². The molecule has 1 aliphatic heterocycles. The Labute approximate surface area is 108 Å². The van der Waals surface area contributed by atoms with Crippen LogP contribution in [-0.2, 0) is 16.6 Å². The van der Waals surface area contributed by atoms with Crippen LogP contribution >= 0.6 is 0 Å². The van der Waals surface area contributed by atoms with E-state index in [0.717, 1.165) is 6.42 Å². The number of aryl methyl sites for hydroxylation is 1. The van der Waals surface area contributed by atoms with Gasteiger partial charge in [-0.15, -0.1) is 0 Å². The summed E-state index contributed by atoms with van der Waals surface area (Å²) in [6.45, 7) is 6.35. The van der Waals surface area contributed by atoms with Crippen LogP contribution in [0.15, 0.2) is 17.3 Å². The number of sulfonamides is 1. The van der Waals surface area contributed by atoms with Crippen molar-refractivity contribution in [1.82, 2.24) is 19.4 Å². The molecule has 1 N–H and O–H groups in total. The molecule has 2 rings (SSSR count). The lowest BCUT2D eigenvalue weighted by molar-refractivity contribution is 0.307. The number of rotatable bonds is 4. The van der Waals surface area contributed by atoms with E-state index < -0.39 is 10.0 Å². The van der Waals surface area contributed by atoms with Crippen LogP contribution in [0.5, 0.6) is 0 Å². The molecule has 1 saturated heterocycles. The topological polar surface area (TPSA) is 67.2 Å². The Balaban J connectivity index is 2.26. The van der Waals surface area contributed by atoms with Gasteiger partial charge < -0.3 is 5.32 Å². The molecular formula is C11H20N4O2S. The second kappa shape index (κ2) is 5.38. The number of piperazine rings is 1. The molecule has 2 heterocycles. The van der Waals surface area contributed by atoms with Crippen LogP contribution in [0, 0.1) is 0 Å². The third-order valence-electron chi connectivity index (χ3n) is 3.05. The molecule has 6 nitrogen and oxygen atoms in total. The smallest absolute Gasteiger partial charge is 0.260 e. The fourth-order valence-electron chi connectivity index (χ4n) is 2.17. The Hall–Kier alpha value is -0.920. The molecule has 1 fully saturated rings. The minimum atomic E-state index is -3.41. The van der Waals surface area contributed by atoms with Crippen LogP contribution < -0.4 is 5.32 Å². The molecule has 0 aliphatic carbocycles. The number of nitrogens with one attached hydrogen (secondary N) is 1. The van der Waals surface area contributed by atoms with Gasteiger partial charge in [0, 0.05) is 32.2 Å². The summed E-state index contributed by atoms with van der Waals surface area (Å²) in [5, 5.41) is 7.63. The highest BCUT2D eigenvalue weighted by Gasteiger charge is 2.30. The van der Waals surface area contributed by atoms with Gasteiger partial charge in [-0.25, -0.2) is 8.42 Å². The van der Waals surface area contributed by atoms with Gasteiger partial charge in [-0.1, -0.05) is 6.92 Å². The molecule has 0 amide bonds. The first-order valence-corrected chi connectivity index (χ1v) is 7.75. The van der Waals surface area contributed by atoms with Crippen LogP contribution in [0.2, 0.25) is 0 Å². The van der Waals surface area contributed by atoms with Gasteiger partial charge in [0.25, 0.3) is 10.0 Å². The fraction of sp³-hybridized carbons (Fsp3) is 0.727. The van der Waals surface area contributed by atoms with Gasteiger partial charge in [-0.2, -0.15) is 9.40 Å². The zero-order chi connectivity index (χ0) is 13.2. The van der Waals surface area contributed by atoms with E-state index in [-0.39, 0.29) is 6.04 Å². The van der Waals surface area contributed by atoms with Crippen molar-refractivity contribution in [2.45, 2.75) is 37.9 Å². The molecule has 1 aromatic rings. The van der Waals surface area contributed by atoms with Crippen LogP contribution in [0.4, 0.5) is 0 Å². The fourth-order valence-corrected chi connectivity index (χ4v) is 3.82. The first-order valence-electron chi connectivity index (χ1n) is 6.31. The van der Waals surface area contributed by atoms with Gasteiger partial charge in [-0.3, -0.25) is 4.68 Å².